The first-order valence-electron chi connectivity index (χ1n) is 8.18. The Hall–Kier alpha value is -1.92. The van der Waals surface area contributed by atoms with Gasteiger partial charge in [0.15, 0.2) is 0 Å². The van der Waals surface area contributed by atoms with Crippen molar-refractivity contribution in [2.24, 2.45) is 0 Å². The molecule has 2 amide bonds. The summed E-state index contributed by atoms with van der Waals surface area (Å²) < 4.78 is 5.58. The highest BCUT2D eigenvalue weighted by molar-refractivity contribution is 5.94. The maximum absolute atomic E-state index is 12.4. The maximum Gasteiger partial charge on any atom is 0.253 e. The van der Waals surface area contributed by atoms with Gasteiger partial charge in [-0.25, -0.2) is 0 Å². The van der Waals surface area contributed by atoms with Gasteiger partial charge in [-0.05, 0) is 12.1 Å². The standard InChI is InChI=1S/C17H23N3O3/c21-16(12-15-13-18-6-11-23-15)19-7-9-20(10-8-19)17(22)14-4-2-1-3-5-14/h1-5,15,18H,6-13H2/t15-/m0/s1. The number of hydrogen-bond acceptors (Lipinski definition) is 4. The van der Waals surface area contributed by atoms with Gasteiger partial charge in [-0.3, -0.25) is 9.59 Å². The summed E-state index contributed by atoms with van der Waals surface area (Å²) in [4.78, 5) is 28.4. The van der Waals surface area contributed by atoms with Crippen molar-refractivity contribution in [1.29, 1.82) is 0 Å². The lowest BCUT2D eigenvalue weighted by Gasteiger charge is -2.35. The molecule has 1 N–H and O–H groups in total. The average Bonchev–Trinajstić information content (AvgIpc) is 2.63. The lowest BCUT2D eigenvalue weighted by atomic mass is 10.1. The first-order valence-corrected chi connectivity index (χ1v) is 8.18. The monoisotopic (exact) mass is 317 g/mol. The molecule has 0 spiro atoms. The number of hydrogen-bond donors (Lipinski definition) is 1. The number of morpholine rings is 1. The van der Waals surface area contributed by atoms with Crippen LogP contribution in [0, 0.1) is 0 Å². The van der Waals surface area contributed by atoms with Crippen LogP contribution in [0.3, 0.4) is 0 Å². The minimum atomic E-state index is -0.0276. The molecule has 1 aromatic rings. The van der Waals surface area contributed by atoms with Crippen LogP contribution in [0.1, 0.15) is 16.8 Å². The fraction of sp³-hybridized carbons (Fsp3) is 0.529. The fourth-order valence-corrected chi connectivity index (χ4v) is 3.00. The van der Waals surface area contributed by atoms with Gasteiger partial charge in [0.25, 0.3) is 5.91 Å². The highest BCUT2D eigenvalue weighted by Crippen LogP contribution is 2.11. The third-order valence-electron chi connectivity index (χ3n) is 4.35. The second kappa shape index (κ2) is 7.57. The molecule has 23 heavy (non-hydrogen) atoms. The summed E-state index contributed by atoms with van der Waals surface area (Å²) in [6.45, 7) is 4.61. The molecule has 6 nitrogen and oxygen atoms in total. The third kappa shape index (κ3) is 4.09. The Bertz CT molecular complexity index is 535. The Morgan fingerprint density at radius 1 is 1.09 bits per heavy atom. The normalized spacial score (nSPS) is 22.0. The van der Waals surface area contributed by atoms with Crippen molar-refractivity contribution >= 4 is 11.8 Å². The van der Waals surface area contributed by atoms with Crippen LogP contribution < -0.4 is 5.32 Å². The fourth-order valence-electron chi connectivity index (χ4n) is 3.00. The number of carbonyl (C=O) groups excluding carboxylic acids is 2. The molecule has 2 heterocycles. The van der Waals surface area contributed by atoms with Crippen molar-refractivity contribution in [1.82, 2.24) is 15.1 Å². The van der Waals surface area contributed by atoms with Crippen LogP contribution in [0.5, 0.6) is 0 Å². The molecule has 1 aromatic carbocycles. The Morgan fingerprint density at radius 3 is 2.43 bits per heavy atom. The van der Waals surface area contributed by atoms with E-state index in [1.54, 1.807) is 0 Å². The summed E-state index contributed by atoms with van der Waals surface area (Å²) in [5.41, 5.74) is 0.703. The van der Waals surface area contributed by atoms with Crippen LogP contribution in [0.4, 0.5) is 0 Å². The smallest absolute Gasteiger partial charge is 0.253 e. The Morgan fingerprint density at radius 2 is 1.78 bits per heavy atom. The lowest BCUT2D eigenvalue weighted by molar-refractivity contribution is -0.136. The lowest BCUT2D eigenvalue weighted by Crippen LogP contribution is -2.51. The van der Waals surface area contributed by atoms with Gasteiger partial charge in [0.2, 0.25) is 5.91 Å². The molecule has 0 saturated carbocycles. The summed E-state index contributed by atoms with van der Waals surface area (Å²) in [6.07, 6.45) is 0.389. The average molecular weight is 317 g/mol. The number of piperazine rings is 1. The summed E-state index contributed by atoms with van der Waals surface area (Å²) in [7, 11) is 0. The van der Waals surface area contributed by atoms with Crippen LogP contribution in [0.15, 0.2) is 30.3 Å². The van der Waals surface area contributed by atoms with Gasteiger partial charge < -0.3 is 19.9 Å². The maximum atomic E-state index is 12.4. The molecule has 2 aliphatic heterocycles. The van der Waals surface area contributed by atoms with E-state index < -0.39 is 0 Å². The quantitative estimate of drug-likeness (QED) is 0.874. The molecule has 6 heteroatoms. The van der Waals surface area contributed by atoms with E-state index in [0.29, 0.717) is 44.8 Å². The number of rotatable bonds is 3. The predicted octanol–water partition coefficient (Wildman–Crippen LogP) is 0.350. The van der Waals surface area contributed by atoms with Crippen LogP contribution >= 0.6 is 0 Å². The van der Waals surface area contributed by atoms with Crippen molar-refractivity contribution in [3.63, 3.8) is 0 Å². The first kappa shape index (κ1) is 16.0. The number of nitrogens with zero attached hydrogens (tertiary/aromatic N) is 2. The first-order chi connectivity index (χ1) is 11.2. The second-order valence-corrected chi connectivity index (χ2v) is 5.94. The van der Waals surface area contributed by atoms with Crippen molar-refractivity contribution in [3.8, 4) is 0 Å². The highest BCUT2D eigenvalue weighted by atomic mass is 16.5. The Labute approximate surface area is 136 Å². The minimum Gasteiger partial charge on any atom is -0.375 e. The summed E-state index contributed by atoms with van der Waals surface area (Å²) >= 11 is 0. The van der Waals surface area contributed by atoms with Gasteiger partial charge in [0.05, 0.1) is 19.1 Å². The third-order valence-corrected chi connectivity index (χ3v) is 4.35. The summed E-state index contributed by atoms with van der Waals surface area (Å²) in [6, 6.07) is 9.28. The van der Waals surface area contributed by atoms with Crippen LogP contribution in [-0.4, -0.2) is 73.6 Å². The molecular weight excluding hydrogens is 294 g/mol. The van der Waals surface area contributed by atoms with E-state index >= 15 is 0 Å². The molecule has 3 rings (SSSR count). The highest BCUT2D eigenvalue weighted by Gasteiger charge is 2.27. The molecule has 0 bridgehead atoms. The molecule has 0 radical (unpaired) electrons. The predicted molar refractivity (Wildman–Crippen MR) is 86.2 cm³/mol. The van der Waals surface area contributed by atoms with E-state index in [0.717, 1.165) is 13.1 Å². The Balaban J connectivity index is 1.48. The zero-order valence-electron chi connectivity index (χ0n) is 13.2. The summed E-state index contributed by atoms with van der Waals surface area (Å²) in [5.74, 6) is 0.156. The van der Waals surface area contributed by atoms with Crippen LogP contribution in [0.25, 0.3) is 0 Å². The molecule has 2 aliphatic rings. The number of benzene rings is 1. The van der Waals surface area contributed by atoms with E-state index in [-0.39, 0.29) is 17.9 Å². The van der Waals surface area contributed by atoms with Gasteiger partial charge in [0.1, 0.15) is 0 Å². The van der Waals surface area contributed by atoms with E-state index in [9.17, 15) is 9.59 Å². The number of nitrogens with one attached hydrogen (secondary N) is 1. The largest absolute Gasteiger partial charge is 0.375 e. The zero-order valence-corrected chi connectivity index (χ0v) is 13.2. The van der Waals surface area contributed by atoms with Crippen molar-refractivity contribution in [2.45, 2.75) is 12.5 Å². The summed E-state index contributed by atoms with van der Waals surface area (Å²) in [5, 5.41) is 3.23. The SMILES string of the molecule is O=C(C[C@H]1CNCCO1)N1CCN(C(=O)c2ccccc2)CC1. The van der Waals surface area contributed by atoms with Gasteiger partial charge in [0, 0.05) is 44.8 Å². The molecule has 0 unspecified atom stereocenters. The van der Waals surface area contributed by atoms with Crippen LogP contribution in [0.2, 0.25) is 0 Å². The second-order valence-electron chi connectivity index (χ2n) is 5.94. The van der Waals surface area contributed by atoms with Gasteiger partial charge in [-0.2, -0.15) is 0 Å². The number of ether oxygens (including phenoxy) is 1. The Kier molecular flexibility index (Phi) is 5.25. The molecule has 2 fully saturated rings. The molecule has 0 aliphatic carbocycles. The van der Waals surface area contributed by atoms with Crippen LogP contribution in [-0.2, 0) is 9.53 Å². The van der Waals surface area contributed by atoms with E-state index in [1.807, 2.05) is 40.1 Å². The number of amides is 2. The minimum absolute atomic E-state index is 0.0276. The van der Waals surface area contributed by atoms with Gasteiger partial charge in [-0.15, -0.1) is 0 Å². The van der Waals surface area contributed by atoms with Gasteiger partial charge in [-0.1, -0.05) is 18.2 Å². The van der Waals surface area contributed by atoms with Gasteiger partial charge >= 0.3 is 0 Å². The molecular formula is C17H23N3O3. The van der Waals surface area contributed by atoms with Crippen molar-refractivity contribution in [2.75, 3.05) is 45.9 Å². The number of carbonyl (C=O) groups is 2. The molecule has 0 aromatic heterocycles. The molecule has 124 valence electrons. The molecule has 1 atom stereocenters. The van der Waals surface area contributed by atoms with E-state index in [4.69, 9.17) is 4.74 Å². The zero-order chi connectivity index (χ0) is 16.1. The van der Waals surface area contributed by atoms with Crippen molar-refractivity contribution in [3.05, 3.63) is 35.9 Å². The van der Waals surface area contributed by atoms with E-state index in [1.165, 1.54) is 0 Å². The van der Waals surface area contributed by atoms with Crippen molar-refractivity contribution < 1.29 is 14.3 Å². The van der Waals surface area contributed by atoms with E-state index in [2.05, 4.69) is 5.32 Å². The topological polar surface area (TPSA) is 61.9 Å². The molecule has 2 saturated heterocycles.